The first-order valence-corrected chi connectivity index (χ1v) is 11.1. The van der Waals surface area contributed by atoms with Crippen molar-refractivity contribution in [1.29, 1.82) is 0 Å². The van der Waals surface area contributed by atoms with Crippen molar-refractivity contribution in [2.75, 3.05) is 37.6 Å². The third-order valence-electron chi connectivity index (χ3n) is 5.20. The van der Waals surface area contributed by atoms with E-state index in [9.17, 15) is 9.59 Å². The summed E-state index contributed by atoms with van der Waals surface area (Å²) in [4.78, 5) is 31.9. The van der Waals surface area contributed by atoms with Gasteiger partial charge in [-0.25, -0.2) is 10.2 Å². The van der Waals surface area contributed by atoms with Gasteiger partial charge in [0.05, 0.1) is 11.9 Å². The van der Waals surface area contributed by atoms with Gasteiger partial charge in [-0.3, -0.25) is 15.2 Å². The Bertz CT molecular complexity index is 831. The highest BCUT2D eigenvalue weighted by molar-refractivity contribution is 7.10. The predicted molar refractivity (Wildman–Crippen MR) is 118 cm³/mol. The van der Waals surface area contributed by atoms with Gasteiger partial charge in [0.25, 0.3) is 0 Å². The predicted octanol–water partition coefficient (Wildman–Crippen LogP) is 2.30. The monoisotopic (exact) mass is 431 g/mol. The molecule has 0 radical (unpaired) electrons. The minimum atomic E-state index is -1.06. The van der Waals surface area contributed by atoms with Crippen molar-refractivity contribution in [1.82, 2.24) is 20.7 Å². The van der Waals surface area contributed by atoms with Crippen LogP contribution < -0.4 is 15.8 Å². The second-order valence-electron chi connectivity index (χ2n) is 7.38. The van der Waals surface area contributed by atoms with Crippen LogP contribution in [-0.2, 0) is 24.1 Å². The van der Waals surface area contributed by atoms with Gasteiger partial charge in [-0.2, -0.15) is 0 Å². The fourth-order valence-electron chi connectivity index (χ4n) is 3.48. The molecule has 3 N–H and O–H groups in total. The van der Waals surface area contributed by atoms with E-state index in [1.807, 2.05) is 11.1 Å². The molecule has 0 saturated carbocycles. The van der Waals surface area contributed by atoms with Crippen molar-refractivity contribution in [2.24, 2.45) is 0 Å². The number of hydrogen-bond acceptors (Lipinski definition) is 6. The zero-order valence-corrected chi connectivity index (χ0v) is 18.1. The Balaban J connectivity index is 1.40. The van der Waals surface area contributed by atoms with Gasteiger partial charge >= 0.3 is 6.09 Å². The maximum absolute atomic E-state index is 11.4. The van der Waals surface area contributed by atoms with Gasteiger partial charge in [-0.15, -0.1) is 11.3 Å². The Kier molecular flexibility index (Phi) is 8.04. The number of carboxylic acid groups (broad SMARTS) is 1. The number of pyridine rings is 1. The van der Waals surface area contributed by atoms with Gasteiger partial charge in [-0.1, -0.05) is 0 Å². The van der Waals surface area contributed by atoms with Crippen LogP contribution in [0.15, 0.2) is 29.8 Å². The molecule has 0 bridgehead atoms. The first-order valence-electron chi connectivity index (χ1n) is 10.2. The number of aromatic nitrogens is 1. The number of amides is 2. The lowest BCUT2D eigenvalue weighted by atomic mass is 10.1. The number of carbonyl (C=O) groups is 2. The van der Waals surface area contributed by atoms with E-state index in [1.165, 1.54) is 10.4 Å². The van der Waals surface area contributed by atoms with Crippen molar-refractivity contribution >= 4 is 29.0 Å². The standard InChI is InChI=1S/C21H29N5O3S/c1-16(27)25-9-11-26(12-10-25)19-7-6-18(22-14-19)5-4-17-13-20(30-15-17)3-2-8-23-24-21(28)29/h6-7,13-15,23-24H,2-5,8-12H2,1H3,(H,28,29). The molecule has 0 spiro atoms. The van der Waals surface area contributed by atoms with Crippen molar-refractivity contribution in [3.63, 3.8) is 0 Å². The molecule has 0 atom stereocenters. The smallest absolute Gasteiger partial charge is 0.419 e. The number of nitrogens with zero attached hydrogens (tertiary/aromatic N) is 3. The summed E-state index contributed by atoms with van der Waals surface area (Å²) in [6, 6.07) is 6.46. The van der Waals surface area contributed by atoms with Crippen molar-refractivity contribution in [3.05, 3.63) is 45.9 Å². The third kappa shape index (κ3) is 6.70. The molecular weight excluding hydrogens is 402 g/mol. The number of nitrogens with one attached hydrogen (secondary N) is 2. The summed E-state index contributed by atoms with van der Waals surface area (Å²) in [5, 5.41) is 10.7. The molecule has 1 aliphatic rings. The van der Waals surface area contributed by atoms with Crippen LogP contribution in [0, 0.1) is 0 Å². The molecule has 0 aliphatic carbocycles. The summed E-state index contributed by atoms with van der Waals surface area (Å²) in [6.07, 6.45) is 4.55. The van der Waals surface area contributed by atoms with E-state index in [0.29, 0.717) is 6.54 Å². The van der Waals surface area contributed by atoms with E-state index in [1.54, 1.807) is 18.3 Å². The number of thiophene rings is 1. The third-order valence-corrected chi connectivity index (χ3v) is 6.24. The molecule has 30 heavy (non-hydrogen) atoms. The summed E-state index contributed by atoms with van der Waals surface area (Å²) in [5.74, 6) is 0.145. The molecule has 1 fully saturated rings. The normalized spacial score (nSPS) is 14.0. The van der Waals surface area contributed by atoms with E-state index < -0.39 is 6.09 Å². The number of rotatable bonds is 9. The molecule has 8 nitrogen and oxygen atoms in total. The summed E-state index contributed by atoms with van der Waals surface area (Å²) in [5.41, 5.74) is 8.34. The van der Waals surface area contributed by atoms with Crippen LogP contribution >= 0.6 is 11.3 Å². The van der Waals surface area contributed by atoms with Gasteiger partial charge in [0, 0.05) is 50.2 Å². The van der Waals surface area contributed by atoms with Crippen LogP contribution in [0.1, 0.15) is 29.5 Å². The highest BCUT2D eigenvalue weighted by Gasteiger charge is 2.18. The molecule has 162 valence electrons. The zero-order valence-electron chi connectivity index (χ0n) is 17.3. The van der Waals surface area contributed by atoms with Crippen molar-refractivity contribution in [3.8, 4) is 0 Å². The molecule has 1 saturated heterocycles. The average Bonchev–Trinajstić information content (AvgIpc) is 3.20. The SMILES string of the molecule is CC(=O)N1CCN(c2ccc(CCc3csc(CCCNNC(=O)O)c3)nc2)CC1. The summed E-state index contributed by atoms with van der Waals surface area (Å²) >= 11 is 1.75. The average molecular weight is 432 g/mol. The van der Waals surface area contributed by atoms with Crippen LogP contribution in [0.2, 0.25) is 0 Å². The molecule has 3 rings (SSSR count). The molecule has 2 amide bonds. The molecular formula is C21H29N5O3S. The number of anilines is 1. The van der Waals surface area contributed by atoms with Gasteiger partial charge < -0.3 is 14.9 Å². The number of carbonyl (C=O) groups excluding carboxylic acids is 1. The molecule has 2 aromatic heterocycles. The quantitative estimate of drug-likeness (QED) is 0.416. The minimum Gasteiger partial charge on any atom is -0.464 e. The Hall–Kier alpha value is -2.65. The molecule has 3 heterocycles. The Labute approximate surface area is 180 Å². The first kappa shape index (κ1) is 22.0. The fourth-order valence-corrected chi connectivity index (χ4v) is 4.45. The lowest BCUT2D eigenvalue weighted by Crippen LogP contribution is -2.48. The van der Waals surface area contributed by atoms with E-state index >= 15 is 0 Å². The van der Waals surface area contributed by atoms with Crippen LogP contribution in [0.4, 0.5) is 10.5 Å². The van der Waals surface area contributed by atoms with Crippen LogP contribution in [0.3, 0.4) is 0 Å². The Morgan fingerprint density at radius 3 is 2.63 bits per heavy atom. The van der Waals surface area contributed by atoms with Crippen molar-refractivity contribution in [2.45, 2.75) is 32.6 Å². The van der Waals surface area contributed by atoms with E-state index in [4.69, 9.17) is 5.11 Å². The van der Waals surface area contributed by atoms with Crippen molar-refractivity contribution < 1.29 is 14.7 Å². The Morgan fingerprint density at radius 2 is 1.97 bits per heavy atom. The molecule has 0 unspecified atom stereocenters. The van der Waals surface area contributed by atoms with Crippen LogP contribution in [0.25, 0.3) is 0 Å². The number of aryl methyl sites for hydroxylation is 3. The van der Waals surface area contributed by atoms with E-state index in [2.05, 4.69) is 44.3 Å². The summed E-state index contributed by atoms with van der Waals surface area (Å²) < 4.78 is 0. The lowest BCUT2D eigenvalue weighted by Gasteiger charge is -2.35. The maximum Gasteiger partial charge on any atom is 0.419 e. The molecule has 2 aromatic rings. The van der Waals surface area contributed by atoms with Gasteiger partial charge in [0.15, 0.2) is 0 Å². The number of piperazine rings is 1. The molecule has 1 aliphatic heterocycles. The molecule has 9 heteroatoms. The largest absolute Gasteiger partial charge is 0.464 e. The molecule has 0 aromatic carbocycles. The second kappa shape index (κ2) is 10.9. The minimum absolute atomic E-state index is 0.145. The number of hydrazine groups is 1. The van der Waals surface area contributed by atoms with Crippen LogP contribution in [-0.4, -0.2) is 59.7 Å². The highest BCUT2D eigenvalue weighted by atomic mass is 32.1. The van der Waals surface area contributed by atoms with Gasteiger partial charge in [0.1, 0.15) is 0 Å². The second-order valence-corrected chi connectivity index (χ2v) is 8.38. The van der Waals surface area contributed by atoms with E-state index in [-0.39, 0.29) is 5.91 Å². The number of hydrogen-bond donors (Lipinski definition) is 3. The van der Waals surface area contributed by atoms with Gasteiger partial charge in [-0.05, 0) is 54.8 Å². The zero-order chi connectivity index (χ0) is 21.3. The topological polar surface area (TPSA) is 97.8 Å². The summed E-state index contributed by atoms with van der Waals surface area (Å²) in [7, 11) is 0. The highest BCUT2D eigenvalue weighted by Crippen LogP contribution is 2.19. The van der Waals surface area contributed by atoms with Crippen LogP contribution in [0.5, 0.6) is 0 Å². The summed E-state index contributed by atoms with van der Waals surface area (Å²) in [6.45, 7) is 5.47. The maximum atomic E-state index is 11.4. The van der Waals surface area contributed by atoms with Gasteiger partial charge in [0.2, 0.25) is 5.91 Å². The lowest BCUT2D eigenvalue weighted by molar-refractivity contribution is -0.129. The fraction of sp³-hybridized carbons (Fsp3) is 0.476. The Morgan fingerprint density at radius 1 is 1.17 bits per heavy atom. The van der Waals surface area contributed by atoms with E-state index in [0.717, 1.165) is 63.2 Å². The first-order chi connectivity index (χ1) is 14.5.